The van der Waals surface area contributed by atoms with E-state index in [1.807, 2.05) is 0 Å². The van der Waals surface area contributed by atoms with Crippen LogP contribution in [0.1, 0.15) is 10.4 Å². The van der Waals surface area contributed by atoms with Gasteiger partial charge in [0.15, 0.2) is 0 Å². The number of carbonyl (C=O) groups is 1. The van der Waals surface area contributed by atoms with E-state index in [9.17, 15) is 4.79 Å². The lowest BCUT2D eigenvalue weighted by Gasteiger charge is -2.06. The highest BCUT2D eigenvalue weighted by atomic mass is 35.5. The zero-order valence-electron chi connectivity index (χ0n) is 9.32. The largest absolute Gasteiger partial charge is 0.396 e. The van der Waals surface area contributed by atoms with Gasteiger partial charge in [-0.2, -0.15) is 0 Å². The number of nitrogens with zero attached hydrogens (tertiary/aromatic N) is 2. The molecule has 2 aromatic rings. The fraction of sp³-hybridized carbons (Fsp3) is 0. The van der Waals surface area contributed by atoms with Gasteiger partial charge in [0.1, 0.15) is 5.15 Å². The van der Waals surface area contributed by atoms with Crippen LogP contribution in [-0.2, 0) is 0 Å². The molecule has 0 fully saturated rings. The smallest absolute Gasteiger partial charge is 0.258 e. The van der Waals surface area contributed by atoms with Crippen molar-refractivity contribution in [3.8, 4) is 0 Å². The van der Waals surface area contributed by atoms with Crippen molar-refractivity contribution in [1.29, 1.82) is 0 Å². The lowest BCUT2D eigenvalue weighted by molar-refractivity contribution is 0.102. The Kier molecular flexibility index (Phi) is 4.09. The molecule has 0 unspecified atom stereocenters. The van der Waals surface area contributed by atoms with Crippen LogP contribution in [0.5, 0.6) is 0 Å². The minimum absolute atomic E-state index is 0.0848. The molecule has 1 aromatic carbocycles. The molecule has 0 saturated carbocycles. The maximum atomic E-state index is 11.9. The fourth-order valence-corrected chi connectivity index (χ4v) is 1.91. The molecule has 1 amide bonds. The van der Waals surface area contributed by atoms with Crippen LogP contribution in [0.25, 0.3) is 0 Å². The Labute approximate surface area is 123 Å². The molecule has 2 rings (SSSR count). The topological polar surface area (TPSA) is 80.9 Å². The van der Waals surface area contributed by atoms with Crippen LogP contribution >= 0.6 is 34.8 Å². The maximum absolute atomic E-state index is 11.9. The first-order valence-corrected chi connectivity index (χ1v) is 6.15. The van der Waals surface area contributed by atoms with Crippen LogP contribution in [0.2, 0.25) is 15.2 Å². The van der Waals surface area contributed by atoms with Crippen molar-refractivity contribution in [2.24, 2.45) is 0 Å². The molecule has 0 aliphatic heterocycles. The van der Waals surface area contributed by atoms with E-state index >= 15 is 0 Å². The number of amides is 1. The number of carbonyl (C=O) groups excluding carboxylic acids is 1. The highest BCUT2D eigenvalue weighted by molar-refractivity contribution is 6.39. The van der Waals surface area contributed by atoms with Gasteiger partial charge in [-0.3, -0.25) is 10.1 Å². The van der Waals surface area contributed by atoms with Crippen LogP contribution in [0.3, 0.4) is 0 Å². The van der Waals surface area contributed by atoms with Crippen LogP contribution < -0.4 is 11.1 Å². The Morgan fingerprint density at radius 3 is 2.42 bits per heavy atom. The predicted octanol–water partition coefficient (Wildman–Crippen LogP) is 3.27. The Hall–Kier alpha value is -1.56. The quantitative estimate of drug-likeness (QED) is 0.658. The minimum atomic E-state index is -0.467. The zero-order valence-corrected chi connectivity index (χ0v) is 11.6. The number of benzene rings is 1. The van der Waals surface area contributed by atoms with Crippen molar-refractivity contribution in [3.05, 3.63) is 45.2 Å². The summed E-state index contributed by atoms with van der Waals surface area (Å²) in [7, 11) is 0. The molecule has 1 heterocycles. The normalized spacial score (nSPS) is 10.3. The number of nitrogen functional groups attached to an aromatic ring is 1. The predicted molar refractivity (Wildman–Crippen MR) is 75.9 cm³/mol. The number of rotatable bonds is 2. The second-order valence-electron chi connectivity index (χ2n) is 3.51. The summed E-state index contributed by atoms with van der Waals surface area (Å²) in [4.78, 5) is 19.6. The monoisotopic (exact) mass is 316 g/mol. The molecule has 0 bridgehead atoms. The van der Waals surface area contributed by atoms with Gasteiger partial charge in [-0.15, -0.1) is 0 Å². The van der Waals surface area contributed by atoms with Gasteiger partial charge >= 0.3 is 0 Å². The second-order valence-corrected chi connectivity index (χ2v) is 4.71. The van der Waals surface area contributed by atoms with Crippen molar-refractivity contribution in [3.63, 3.8) is 0 Å². The molecule has 0 saturated heterocycles. The van der Waals surface area contributed by atoms with Gasteiger partial charge in [-0.1, -0.05) is 34.8 Å². The molecule has 0 spiro atoms. The number of hydrogen-bond acceptors (Lipinski definition) is 4. The number of anilines is 2. The molecule has 0 aliphatic rings. The van der Waals surface area contributed by atoms with E-state index in [2.05, 4.69) is 15.3 Å². The van der Waals surface area contributed by atoms with Gasteiger partial charge in [0, 0.05) is 11.8 Å². The lowest BCUT2D eigenvalue weighted by atomic mass is 10.2. The summed E-state index contributed by atoms with van der Waals surface area (Å²) < 4.78 is 0. The third kappa shape index (κ3) is 3.26. The van der Waals surface area contributed by atoms with E-state index < -0.39 is 5.91 Å². The number of nitrogens with one attached hydrogen (secondary N) is 1. The van der Waals surface area contributed by atoms with E-state index in [1.54, 1.807) is 0 Å². The highest BCUT2D eigenvalue weighted by Gasteiger charge is 2.12. The average molecular weight is 318 g/mol. The van der Waals surface area contributed by atoms with Gasteiger partial charge in [0.05, 0.1) is 15.7 Å². The summed E-state index contributed by atoms with van der Waals surface area (Å²) in [6, 6.07) is 4.31. The Bertz CT molecular complexity index is 625. The molecule has 98 valence electrons. The van der Waals surface area contributed by atoms with E-state index in [4.69, 9.17) is 40.5 Å². The summed E-state index contributed by atoms with van der Waals surface area (Å²) >= 11 is 17.4. The third-order valence-electron chi connectivity index (χ3n) is 2.19. The lowest BCUT2D eigenvalue weighted by Crippen LogP contribution is -2.14. The second kappa shape index (κ2) is 5.61. The molecular weight excluding hydrogens is 311 g/mol. The summed E-state index contributed by atoms with van der Waals surface area (Å²) in [5.41, 5.74) is 6.05. The van der Waals surface area contributed by atoms with E-state index in [0.717, 1.165) is 0 Å². The summed E-state index contributed by atoms with van der Waals surface area (Å²) in [5, 5.41) is 3.09. The molecule has 0 aliphatic carbocycles. The summed E-state index contributed by atoms with van der Waals surface area (Å²) in [5.74, 6) is -0.382. The SMILES string of the molecule is Nc1c(Cl)cc(C(=O)Nc2nccc(Cl)n2)cc1Cl. The molecule has 1 aromatic heterocycles. The van der Waals surface area contributed by atoms with Gasteiger partial charge in [0.2, 0.25) is 5.95 Å². The average Bonchev–Trinajstić information content (AvgIpc) is 2.35. The Morgan fingerprint density at radius 1 is 1.21 bits per heavy atom. The van der Waals surface area contributed by atoms with Gasteiger partial charge < -0.3 is 5.73 Å². The van der Waals surface area contributed by atoms with Crippen LogP contribution in [0, 0.1) is 0 Å². The highest BCUT2D eigenvalue weighted by Crippen LogP contribution is 2.29. The summed E-state index contributed by atoms with van der Waals surface area (Å²) in [6.45, 7) is 0. The van der Waals surface area contributed by atoms with Crippen molar-refractivity contribution >= 4 is 52.3 Å². The number of nitrogens with two attached hydrogens (primary N) is 1. The molecule has 3 N–H and O–H groups in total. The number of aromatic nitrogens is 2. The van der Waals surface area contributed by atoms with E-state index in [-0.39, 0.29) is 32.4 Å². The van der Waals surface area contributed by atoms with Crippen LogP contribution in [0.4, 0.5) is 11.6 Å². The Morgan fingerprint density at radius 2 is 1.84 bits per heavy atom. The van der Waals surface area contributed by atoms with E-state index in [1.165, 1.54) is 24.4 Å². The first-order chi connectivity index (χ1) is 8.97. The standard InChI is InChI=1S/C11H7Cl3N4O/c12-6-3-5(4-7(13)9(6)15)10(19)18-11-16-2-1-8(14)17-11/h1-4H,15H2,(H,16,17,18,19). The molecule has 0 atom stereocenters. The first-order valence-electron chi connectivity index (χ1n) is 5.02. The number of hydrogen-bond donors (Lipinski definition) is 2. The van der Waals surface area contributed by atoms with Gasteiger partial charge in [-0.25, -0.2) is 9.97 Å². The van der Waals surface area contributed by atoms with Gasteiger partial charge in [-0.05, 0) is 18.2 Å². The number of halogens is 3. The molecule has 19 heavy (non-hydrogen) atoms. The molecular formula is C11H7Cl3N4O. The Balaban J connectivity index is 2.25. The zero-order chi connectivity index (χ0) is 14.0. The first kappa shape index (κ1) is 13.9. The van der Waals surface area contributed by atoms with Crippen molar-refractivity contribution < 1.29 is 4.79 Å². The molecule has 8 heteroatoms. The van der Waals surface area contributed by atoms with Crippen molar-refractivity contribution in [1.82, 2.24) is 9.97 Å². The fourth-order valence-electron chi connectivity index (χ4n) is 1.29. The van der Waals surface area contributed by atoms with Crippen molar-refractivity contribution in [2.45, 2.75) is 0 Å². The van der Waals surface area contributed by atoms with E-state index in [0.29, 0.717) is 0 Å². The molecule has 0 radical (unpaired) electrons. The molecule has 5 nitrogen and oxygen atoms in total. The maximum Gasteiger partial charge on any atom is 0.258 e. The van der Waals surface area contributed by atoms with Gasteiger partial charge in [0.25, 0.3) is 5.91 Å². The third-order valence-corrected chi connectivity index (χ3v) is 3.02. The van der Waals surface area contributed by atoms with Crippen molar-refractivity contribution in [2.75, 3.05) is 11.1 Å². The minimum Gasteiger partial charge on any atom is -0.396 e. The van der Waals surface area contributed by atoms with Crippen LogP contribution in [-0.4, -0.2) is 15.9 Å². The van der Waals surface area contributed by atoms with Crippen LogP contribution in [0.15, 0.2) is 24.4 Å². The summed E-state index contributed by atoms with van der Waals surface area (Å²) in [6.07, 6.45) is 1.42.